The summed E-state index contributed by atoms with van der Waals surface area (Å²) in [6.07, 6.45) is 4.89. The lowest BCUT2D eigenvalue weighted by molar-refractivity contribution is -0.147. The van der Waals surface area contributed by atoms with Gasteiger partial charge in [0, 0.05) is 11.4 Å². The Bertz CT molecular complexity index is 1070. The van der Waals surface area contributed by atoms with Gasteiger partial charge in [-0.05, 0) is 32.3 Å². The molecule has 4 rings (SSSR count). The molecule has 2 aromatic heterocycles. The van der Waals surface area contributed by atoms with E-state index in [1.807, 2.05) is 26.0 Å². The van der Waals surface area contributed by atoms with Gasteiger partial charge in [0.25, 0.3) is 5.56 Å². The number of carbonyl (C=O) groups excluding carboxylic acids is 3. The molecule has 1 fully saturated rings. The van der Waals surface area contributed by atoms with E-state index < -0.39 is 5.97 Å². The number of rotatable bonds is 5. The fourth-order valence-electron chi connectivity index (χ4n) is 3.88. The molecule has 2 aliphatic rings. The fourth-order valence-corrected chi connectivity index (χ4v) is 4.93. The van der Waals surface area contributed by atoms with Crippen LogP contribution in [0, 0.1) is 25.7 Å². The zero-order valence-electron chi connectivity index (χ0n) is 16.2. The van der Waals surface area contributed by atoms with Gasteiger partial charge in [-0.1, -0.05) is 12.2 Å². The minimum Gasteiger partial charge on any atom is -0.457 e. The van der Waals surface area contributed by atoms with E-state index in [0.29, 0.717) is 23.1 Å². The number of amides is 2. The number of aromatic nitrogens is 2. The molecule has 1 N–H and O–H groups in total. The van der Waals surface area contributed by atoms with Crippen molar-refractivity contribution in [2.45, 2.75) is 39.7 Å². The molecule has 0 spiro atoms. The van der Waals surface area contributed by atoms with Crippen LogP contribution in [-0.4, -0.2) is 39.2 Å². The molecule has 2 amide bonds. The number of nitrogens with zero attached hydrogens (tertiary/aromatic N) is 2. The van der Waals surface area contributed by atoms with Gasteiger partial charge in [-0.2, -0.15) is 0 Å². The van der Waals surface area contributed by atoms with Crippen LogP contribution in [0.5, 0.6) is 0 Å². The van der Waals surface area contributed by atoms with E-state index in [1.165, 1.54) is 16.2 Å². The van der Waals surface area contributed by atoms with E-state index in [1.54, 1.807) is 0 Å². The van der Waals surface area contributed by atoms with Crippen molar-refractivity contribution in [2.75, 3.05) is 6.54 Å². The van der Waals surface area contributed by atoms with Gasteiger partial charge < -0.3 is 9.72 Å². The second-order valence-electron chi connectivity index (χ2n) is 7.37. The molecule has 0 radical (unpaired) electrons. The summed E-state index contributed by atoms with van der Waals surface area (Å²) in [7, 11) is 0. The van der Waals surface area contributed by atoms with E-state index >= 15 is 0 Å². The standard InChI is InChI=1S/C20H21N3O5S/c1-10-11(2)29-18-16(10)17(25)21-14(22-18)9-28-15(24)7-8-23-19(26)12-5-3-4-6-13(12)20(23)27/h3-4,12-13H,5-9H2,1-2H3,(H,21,22,25). The van der Waals surface area contributed by atoms with Gasteiger partial charge in [0.15, 0.2) is 0 Å². The van der Waals surface area contributed by atoms with Crippen molar-refractivity contribution in [3.63, 3.8) is 0 Å². The second kappa shape index (κ2) is 7.55. The van der Waals surface area contributed by atoms with E-state index in [0.717, 1.165) is 10.4 Å². The summed E-state index contributed by atoms with van der Waals surface area (Å²) in [5.41, 5.74) is 0.644. The summed E-state index contributed by atoms with van der Waals surface area (Å²) < 4.78 is 5.19. The summed E-state index contributed by atoms with van der Waals surface area (Å²) in [5, 5.41) is 0.560. The number of esters is 1. The zero-order chi connectivity index (χ0) is 20.7. The first kappa shape index (κ1) is 19.5. The molecule has 3 heterocycles. The van der Waals surface area contributed by atoms with Crippen LogP contribution in [0.4, 0.5) is 0 Å². The molecule has 29 heavy (non-hydrogen) atoms. The molecule has 1 saturated heterocycles. The van der Waals surface area contributed by atoms with Gasteiger partial charge in [0.05, 0.1) is 23.6 Å². The Morgan fingerprint density at radius 2 is 1.86 bits per heavy atom. The third-order valence-corrected chi connectivity index (χ3v) is 6.70. The number of carbonyl (C=O) groups is 3. The largest absolute Gasteiger partial charge is 0.457 e. The van der Waals surface area contributed by atoms with Crippen LogP contribution in [0.2, 0.25) is 0 Å². The third-order valence-electron chi connectivity index (χ3n) is 5.60. The molecular weight excluding hydrogens is 394 g/mol. The lowest BCUT2D eigenvalue weighted by Crippen LogP contribution is -2.33. The van der Waals surface area contributed by atoms with Crippen LogP contribution in [-0.2, 0) is 25.7 Å². The van der Waals surface area contributed by atoms with Crippen LogP contribution in [0.1, 0.15) is 35.5 Å². The highest BCUT2D eigenvalue weighted by Gasteiger charge is 2.46. The highest BCUT2D eigenvalue weighted by atomic mass is 32.1. The van der Waals surface area contributed by atoms with Crippen molar-refractivity contribution in [1.29, 1.82) is 0 Å². The number of nitrogens with one attached hydrogen (secondary N) is 1. The van der Waals surface area contributed by atoms with Crippen molar-refractivity contribution in [1.82, 2.24) is 14.9 Å². The Labute approximate surface area is 170 Å². The average molecular weight is 415 g/mol. The van der Waals surface area contributed by atoms with E-state index in [4.69, 9.17) is 4.74 Å². The third kappa shape index (κ3) is 3.50. The Morgan fingerprint density at radius 1 is 1.21 bits per heavy atom. The summed E-state index contributed by atoms with van der Waals surface area (Å²) in [6, 6.07) is 0. The van der Waals surface area contributed by atoms with Crippen LogP contribution < -0.4 is 5.56 Å². The average Bonchev–Trinajstić information content (AvgIpc) is 3.12. The first-order chi connectivity index (χ1) is 13.9. The van der Waals surface area contributed by atoms with Crippen LogP contribution >= 0.6 is 11.3 Å². The van der Waals surface area contributed by atoms with Crippen molar-refractivity contribution in [2.24, 2.45) is 11.8 Å². The Balaban J connectivity index is 1.35. The molecule has 9 heteroatoms. The number of fused-ring (bicyclic) bond motifs is 2. The lowest BCUT2D eigenvalue weighted by Gasteiger charge is -2.14. The number of allylic oxidation sites excluding steroid dienone is 2. The van der Waals surface area contributed by atoms with Crippen LogP contribution in [0.15, 0.2) is 16.9 Å². The Hall–Kier alpha value is -2.81. The van der Waals surface area contributed by atoms with Crippen molar-refractivity contribution in [3.8, 4) is 0 Å². The number of imide groups is 1. The number of hydrogen-bond acceptors (Lipinski definition) is 7. The van der Waals surface area contributed by atoms with Crippen LogP contribution in [0.3, 0.4) is 0 Å². The topological polar surface area (TPSA) is 109 Å². The van der Waals surface area contributed by atoms with Crippen molar-refractivity contribution in [3.05, 3.63) is 38.8 Å². The molecular formula is C20H21N3O5S. The number of likely N-dealkylation sites (tertiary alicyclic amines) is 1. The first-order valence-electron chi connectivity index (χ1n) is 9.51. The van der Waals surface area contributed by atoms with Gasteiger partial charge in [0.1, 0.15) is 17.3 Å². The predicted octanol–water partition coefficient (Wildman–Crippen LogP) is 1.99. The van der Waals surface area contributed by atoms with Gasteiger partial charge in [-0.15, -0.1) is 11.3 Å². The van der Waals surface area contributed by atoms with E-state index in [9.17, 15) is 19.2 Å². The molecule has 152 valence electrons. The molecule has 2 unspecified atom stereocenters. The maximum atomic E-state index is 12.4. The molecule has 1 aliphatic heterocycles. The molecule has 0 saturated carbocycles. The quantitative estimate of drug-likeness (QED) is 0.454. The van der Waals surface area contributed by atoms with E-state index in [2.05, 4.69) is 9.97 Å². The Morgan fingerprint density at radius 3 is 2.52 bits per heavy atom. The smallest absolute Gasteiger partial charge is 0.308 e. The monoisotopic (exact) mass is 415 g/mol. The summed E-state index contributed by atoms with van der Waals surface area (Å²) in [6.45, 7) is 3.64. The minimum atomic E-state index is -0.556. The molecule has 0 bridgehead atoms. The predicted molar refractivity (Wildman–Crippen MR) is 106 cm³/mol. The SMILES string of the molecule is Cc1sc2nc(COC(=O)CCN3C(=O)C4CC=CCC4C3=O)[nH]c(=O)c2c1C. The van der Waals surface area contributed by atoms with Crippen molar-refractivity contribution < 1.29 is 19.1 Å². The maximum Gasteiger partial charge on any atom is 0.308 e. The van der Waals surface area contributed by atoms with Gasteiger partial charge >= 0.3 is 5.97 Å². The number of aryl methyl sites for hydroxylation is 2. The highest BCUT2D eigenvalue weighted by Crippen LogP contribution is 2.35. The zero-order valence-corrected chi connectivity index (χ0v) is 17.0. The van der Waals surface area contributed by atoms with Gasteiger partial charge in [0.2, 0.25) is 11.8 Å². The van der Waals surface area contributed by atoms with Crippen LogP contribution in [0.25, 0.3) is 10.2 Å². The molecule has 8 nitrogen and oxygen atoms in total. The summed E-state index contributed by atoms with van der Waals surface area (Å²) >= 11 is 1.42. The molecule has 0 aromatic carbocycles. The summed E-state index contributed by atoms with van der Waals surface area (Å²) in [4.78, 5) is 59.0. The number of aromatic amines is 1. The van der Waals surface area contributed by atoms with Gasteiger partial charge in [-0.3, -0.25) is 24.1 Å². The molecule has 1 aliphatic carbocycles. The number of thiophene rings is 1. The number of ether oxygens (including phenoxy) is 1. The maximum absolute atomic E-state index is 12.4. The molecule has 2 aromatic rings. The number of hydrogen-bond donors (Lipinski definition) is 1. The van der Waals surface area contributed by atoms with Crippen molar-refractivity contribution >= 4 is 39.3 Å². The summed E-state index contributed by atoms with van der Waals surface area (Å²) in [5.74, 6) is -1.32. The minimum absolute atomic E-state index is 0.00972. The first-order valence-corrected chi connectivity index (χ1v) is 10.3. The normalized spacial score (nSPS) is 21.1. The molecule has 2 atom stereocenters. The lowest BCUT2D eigenvalue weighted by atomic mass is 9.85. The van der Waals surface area contributed by atoms with Gasteiger partial charge in [-0.25, -0.2) is 4.98 Å². The Kier molecular flexibility index (Phi) is 5.08. The van der Waals surface area contributed by atoms with E-state index in [-0.39, 0.29) is 54.6 Å². The fraction of sp³-hybridized carbons (Fsp3) is 0.450. The highest BCUT2D eigenvalue weighted by molar-refractivity contribution is 7.18. The number of H-pyrrole nitrogens is 1. The second-order valence-corrected chi connectivity index (χ2v) is 8.57.